The van der Waals surface area contributed by atoms with E-state index in [0.29, 0.717) is 16.6 Å². The number of rotatable bonds is 8. The maximum Gasteiger partial charge on any atom is 0.167 e. The highest BCUT2D eigenvalue weighted by Crippen LogP contribution is 2.28. The zero-order chi connectivity index (χ0) is 17.5. The van der Waals surface area contributed by atoms with Crippen LogP contribution in [0.1, 0.15) is 44.5 Å². The van der Waals surface area contributed by atoms with Gasteiger partial charge in [-0.3, -0.25) is 4.79 Å². The molecular weight excluding hydrogens is 326 g/mol. The molecule has 0 bridgehead atoms. The van der Waals surface area contributed by atoms with Gasteiger partial charge < -0.3 is 10.1 Å². The molecule has 1 heterocycles. The summed E-state index contributed by atoms with van der Waals surface area (Å²) in [6, 6.07) is 7.76. The third-order valence-corrected chi connectivity index (χ3v) is 4.04. The monoisotopic (exact) mass is 347 g/mol. The van der Waals surface area contributed by atoms with Gasteiger partial charge in [0.2, 0.25) is 0 Å². The van der Waals surface area contributed by atoms with E-state index in [-0.39, 0.29) is 18.4 Å². The number of ether oxygens (including phenoxy) is 1. The minimum Gasteiger partial charge on any atom is -0.486 e. The molecule has 1 N–H and O–H groups in total. The van der Waals surface area contributed by atoms with Gasteiger partial charge in [0, 0.05) is 0 Å². The Kier molecular flexibility index (Phi) is 6.55. The second-order valence-corrected chi connectivity index (χ2v) is 5.88. The first kappa shape index (κ1) is 18.2. The zero-order valence-corrected chi connectivity index (χ0v) is 14.9. The quantitative estimate of drug-likeness (QED) is 0.774. The molecule has 0 saturated carbocycles. The van der Waals surface area contributed by atoms with E-state index in [2.05, 4.69) is 22.2 Å². The summed E-state index contributed by atoms with van der Waals surface area (Å²) in [4.78, 5) is 19.4. The number of carbonyl (C=O) groups excluding carboxylic acids is 1. The Morgan fingerprint density at radius 1 is 1.25 bits per heavy atom. The first-order chi connectivity index (χ1) is 11.5. The molecule has 2 aromatic rings. The number of anilines is 1. The van der Waals surface area contributed by atoms with Gasteiger partial charge in [-0.25, -0.2) is 9.97 Å². The minimum absolute atomic E-state index is 0.00249. The number of benzene rings is 1. The van der Waals surface area contributed by atoms with Crippen molar-refractivity contribution in [3.63, 3.8) is 0 Å². The Hall–Kier alpha value is -2.14. The van der Waals surface area contributed by atoms with Crippen molar-refractivity contribution >= 4 is 23.2 Å². The summed E-state index contributed by atoms with van der Waals surface area (Å²) in [5.74, 6) is 1.32. The van der Waals surface area contributed by atoms with E-state index in [0.717, 1.165) is 24.1 Å². The summed E-state index contributed by atoms with van der Waals surface area (Å²) in [6.07, 6.45) is 3.16. The molecule has 2 rings (SSSR count). The lowest BCUT2D eigenvalue weighted by atomic mass is 10.0. The SMILES string of the molecule is CCc1ncnc(NC(CC)c2ccc(OCC(C)=O)cc2)c1Cl. The lowest BCUT2D eigenvalue weighted by Gasteiger charge is -2.19. The topological polar surface area (TPSA) is 64.1 Å². The molecule has 0 aliphatic carbocycles. The molecule has 1 aromatic carbocycles. The third kappa shape index (κ3) is 4.68. The van der Waals surface area contributed by atoms with Gasteiger partial charge in [0.05, 0.1) is 11.7 Å². The Morgan fingerprint density at radius 2 is 1.96 bits per heavy atom. The number of aryl methyl sites for hydroxylation is 1. The van der Waals surface area contributed by atoms with Crippen molar-refractivity contribution in [2.45, 2.75) is 39.7 Å². The normalized spacial score (nSPS) is 11.8. The lowest BCUT2D eigenvalue weighted by Crippen LogP contribution is -2.12. The fourth-order valence-corrected chi connectivity index (χ4v) is 2.61. The second-order valence-electron chi connectivity index (χ2n) is 5.50. The summed E-state index contributed by atoms with van der Waals surface area (Å²) in [5, 5.41) is 3.95. The number of Topliss-reactive ketones (excluding diaryl/α,β-unsaturated/α-hetero) is 1. The van der Waals surface area contributed by atoms with Crippen LogP contribution in [0.2, 0.25) is 5.02 Å². The van der Waals surface area contributed by atoms with Gasteiger partial charge in [0.25, 0.3) is 0 Å². The van der Waals surface area contributed by atoms with Crippen LogP contribution < -0.4 is 10.1 Å². The van der Waals surface area contributed by atoms with Gasteiger partial charge in [0.1, 0.15) is 29.5 Å². The smallest absolute Gasteiger partial charge is 0.167 e. The molecule has 0 aliphatic heterocycles. The number of aromatic nitrogens is 2. The van der Waals surface area contributed by atoms with Gasteiger partial charge in [-0.2, -0.15) is 0 Å². The van der Waals surface area contributed by atoms with Gasteiger partial charge >= 0.3 is 0 Å². The average Bonchev–Trinajstić information content (AvgIpc) is 2.59. The molecule has 6 heteroatoms. The van der Waals surface area contributed by atoms with Crippen molar-refractivity contribution in [1.82, 2.24) is 9.97 Å². The Labute approximate surface area is 147 Å². The Bertz CT molecular complexity index is 689. The Balaban J connectivity index is 2.12. The van der Waals surface area contributed by atoms with Crippen LogP contribution in [0.5, 0.6) is 5.75 Å². The van der Waals surface area contributed by atoms with Crippen LogP contribution in [-0.2, 0) is 11.2 Å². The van der Waals surface area contributed by atoms with Gasteiger partial charge in [-0.05, 0) is 37.5 Å². The van der Waals surface area contributed by atoms with Gasteiger partial charge in [-0.1, -0.05) is 37.6 Å². The highest BCUT2D eigenvalue weighted by Gasteiger charge is 2.14. The fourth-order valence-electron chi connectivity index (χ4n) is 2.32. The van der Waals surface area contributed by atoms with Crippen LogP contribution >= 0.6 is 11.6 Å². The summed E-state index contributed by atoms with van der Waals surface area (Å²) < 4.78 is 5.39. The zero-order valence-electron chi connectivity index (χ0n) is 14.2. The number of hydrogen-bond donors (Lipinski definition) is 1. The summed E-state index contributed by atoms with van der Waals surface area (Å²) in [6.45, 7) is 5.69. The summed E-state index contributed by atoms with van der Waals surface area (Å²) in [7, 11) is 0. The molecule has 1 aromatic heterocycles. The highest BCUT2D eigenvalue weighted by atomic mass is 35.5. The van der Waals surface area contributed by atoms with Crippen molar-refractivity contribution in [1.29, 1.82) is 0 Å². The van der Waals surface area contributed by atoms with Crippen LogP contribution in [0.15, 0.2) is 30.6 Å². The number of ketones is 1. The summed E-state index contributed by atoms with van der Waals surface area (Å²) >= 11 is 6.35. The van der Waals surface area contributed by atoms with E-state index in [1.54, 1.807) is 0 Å². The van der Waals surface area contributed by atoms with Crippen molar-refractivity contribution < 1.29 is 9.53 Å². The molecule has 0 aliphatic rings. The highest BCUT2D eigenvalue weighted by molar-refractivity contribution is 6.33. The van der Waals surface area contributed by atoms with Crippen molar-refractivity contribution in [2.24, 2.45) is 0 Å². The van der Waals surface area contributed by atoms with Crippen LogP contribution in [-0.4, -0.2) is 22.4 Å². The number of carbonyl (C=O) groups is 1. The third-order valence-electron chi connectivity index (χ3n) is 3.64. The molecule has 0 spiro atoms. The predicted molar refractivity (Wildman–Crippen MR) is 95.7 cm³/mol. The molecule has 5 nitrogen and oxygen atoms in total. The molecule has 128 valence electrons. The van der Waals surface area contributed by atoms with Crippen molar-refractivity contribution in [3.05, 3.63) is 46.9 Å². The number of nitrogens with one attached hydrogen (secondary N) is 1. The van der Waals surface area contributed by atoms with Crippen molar-refractivity contribution in [2.75, 3.05) is 11.9 Å². The van der Waals surface area contributed by atoms with Crippen LogP contribution in [0.25, 0.3) is 0 Å². The minimum atomic E-state index is -0.00249. The van der Waals surface area contributed by atoms with Crippen LogP contribution in [0.4, 0.5) is 5.82 Å². The predicted octanol–water partition coefficient (Wildman–Crippen LogP) is 4.22. The molecule has 24 heavy (non-hydrogen) atoms. The molecule has 0 amide bonds. The lowest BCUT2D eigenvalue weighted by molar-refractivity contribution is -0.118. The molecule has 0 radical (unpaired) electrons. The van der Waals surface area contributed by atoms with Crippen LogP contribution in [0.3, 0.4) is 0 Å². The Morgan fingerprint density at radius 3 is 2.54 bits per heavy atom. The van der Waals surface area contributed by atoms with E-state index in [9.17, 15) is 4.79 Å². The van der Waals surface area contributed by atoms with E-state index >= 15 is 0 Å². The first-order valence-corrected chi connectivity index (χ1v) is 8.41. The fraction of sp³-hybridized carbons (Fsp3) is 0.389. The maximum absolute atomic E-state index is 11.0. The number of hydrogen-bond acceptors (Lipinski definition) is 5. The van der Waals surface area contributed by atoms with E-state index in [1.165, 1.54) is 13.3 Å². The summed E-state index contributed by atoms with van der Waals surface area (Å²) in [5.41, 5.74) is 1.93. The van der Waals surface area contributed by atoms with Gasteiger partial charge in [-0.15, -0.1) is 0 Å². The molecule has 0 fully saturated rings. The van der Waals surface area contributed by atoms with Gasteiger partial charge in [0.15, 0.2) is 5.78 Å². The first-order valence-electron chi connectivity index (χ1n) is 8.03. The largest absolute Gasteiger partial charge is 0.486 e. The van der Waals surface area contributed by atoms with Crippen molar-refractivity contribution in [3.8, 4) is 5.75 Å². The van der Waals surface area contributed by atoms with Crippen LogP contribution in [0, 0.1) is 0 Å². The van der Waals surface area contributed by atoms with E-state index in [4.69, 9.17) is 16.3 Å². The molecular formula is C18H22ClN3O2. The molecule has 1 atom stereocenters. The average molecular weight is 348 g/mol. The van der Waals surface area contributed by atoms with E-state index < -0.39 is 0 Å². The standard InChI is InChI=1S/C18H22ClN3O2/c1-4-15(22-18-17(19)16(5-2)20-11-21-18)13-6-8-14(9-7-13)24-10-12(3)23/h6-9,11,15H,4-5,10H2,1-3H3,(H,20,21,22). The molecule has 1 unspecified atom stereocenters. The maximum atomic E-state index is 11.0. The number of halogens is 1. The number of nitrogens with zero attached hydrogens (tertiary/aromatic N) is 2. The van der Waals surface area contributed by atoms with E-state index in [1.807, 2.05) is 31.2 Å². The molecule has 0 saturated heterocycles. The second kappa shape index (κ2) is 8.64.